The van der Waals surface area contributed by atoms with Crippen molar-refractivity contribution in [3.8, 4) is 0 Å². The topological polar surface area (TPSA) is 116 Å². The molecule has 2 aromatic heterocycles. The van der Waals surface area contributed by atoms with Gasteiger partial charge in [0.1, 0.15) is 5.52 Å². The molecule has 1 aliphatic carbocycles. The Kier molecular flexibility index (Phi) is 3.92. The number of nitrogens with one attached hydrogen (secondary N) is 2. The third-order valence-corrected chi connectivity index (χ3v) is 5.58. The molecule has 0 bridgehead atoms. The third-order valence-electron chi connectivity index (χ3n) is 5.25. The highest BCUT2D eigenvalue weighted by Gasteiger charge is 2.40. The molecule has 9 heteroatoms. The lowest BCUT2D eigenvalue weighted by atomic mass is 9.97. The van der Waals surface area contributed by atoms with Crippen molar-refractivity contribution in [2.45, 2.75) is 38.1 Å². The first-order valence-corrected chi connectivity index (χ1v) is 9.60. The summed E-state index contributed by atoms with van der Waals surface area (Å²) < 4.78 is 0. The first-order chi connectivity index (χ1) is 13.5. The Balaban J connectivity index is 1.55. The maximum Gasteiger partial charge on any atom is 0.224 e. The van der Waals surface area contributed by atoms with Gasteiger partial charge < -0.3 is 26.0 Å². The van der Waals surface area contributed by atoms with Crippen LogP contribution >= 0.6 is 11.6 Å². The number of benzene rings is 1. The first-order valence-electron chi connectivity index (χ1n) is 9.22. The Labute approximate surface area is 166 Å². The number of nitrogen functional groups attached to an aromatic ring is 1. The lowest BCUT2D eigenvalue weighted by molar-refractivity contribution is 0.0163. The second-order valence-electron chi connectivity index (χ2n) is 7.22. The van der Waals surface area contributed by atoms with Gasteiger partial charge >= 0.3 is 0 Å². The van der Waals surface area contributed by atoms with Crippen molar-refractivity contribution >= 4 is 40.6 Å². The zero-order valence-corrected chi connectivity index (χ0v) is 16.0. The van der Waals surface area contributed by atoms with E-state index in [0.717, 1.165) is 29.7 Å². The fourth-order valence-electron chi connectivity index (χ4n) is 3.81. The van der Waals surface area contributed by atoms with Gasteiger partial charge in [-0.05, 0) is 37.5 Å². The summed E-state index contributed by atoms with van der Waals surface area (Å²) in [6, 6.07) is 5.85. The summed E-state index contributed by atoms with van der Waals surface area (Å²) in [5, 5.41) is 15.1. The third kappa shape index (κ3) is 2.76. The van der Waals surface area contributed by atoms with Crippen molar-refractivity contribution in [1.29, 1.82) is 0 Å². The lowest BCUT2D eigenvalue weighted by Gasteiger charge is -2.39. The molecule has 3 heterocycles. The molecule has 3 aromatic rings. The van der Waals surface area contributed by atoms with Gasteiger partial charge in [0.25, 0.3) is 0 Å². The number of halogens is 1. The van der Waals surface area contributed by atoms with Crippen LogP contribution in [-0.4, -0.2) is 42.0 Å². The van der Waals surface area contributed by atoms with E-state index in [1.54, 1.807) is 6.33 Å². The van der Waals surface area contributed by atoms with Gasteiger partial charge in [-0.25, -0.2) is 4.98 Å². The minimum Gasteiger partial charge on any atom is -0.369 e. The van der Waals surface area contributed by atoms with Crippen molar-refractivity contribution < 1.29 is 5.11 Å². The maximum atomic E-state index is 11.1. The van der Waals surface area contributed by atoms with Crippen LogP contribution in [-0.2, 0) is 0 Å². The number of anilines is 2. The van der Waals surface area contributed by atoms with Crippen LogP contribution < -0.4 is 11.1 Å². The van der Waals surface area contributed by atoms with E-state index in [9.17, 15) is 5.11 Å². The molecule has 1 fully saturated rings. The van der Waals surface area contributed by atoms with E-state index in [0.29, 0.717) is 28.0 Å². The summed E-state index contributed by atoms with van der Waals surface area (Å²) in [5.74, 6) is 0.735. The van der Waals surface area contributed by atoms with E-state index in [4.69, 9.17) is 17.3 Å². The normalized spacial score (nSPS) is 20.0. The average Bonchev–Trinajstić information content (AvgIpc) is 3.38. The van der Waals surface area contributed by atoms with Gasteiger partial charge in [0.15, 0.2) is 17.7 Å². The number of hydrogen-bond donors (Lipinski definition) is 4. The summed E-state index contributed by atoms with van der Waals surface area (Å²) in [6.07, 6.45) is 4.97. The van der Waals surface area contributed by atoms with Crippen molar-refractivity contribution in [2.75, 3.05) is 11.1 Å². The molecule has 1 aliphatic heterocycles. The average molecular weight is 398 g/mol. The van der Waals surface area contributed by atoms with Crippen LogP contribution in [0.4, 0.5) is 11.8 Å². The molecule has 0 saturated heterocycles. The van der Waals surface area contributed by atoms with Crippen LogP contribution in [0.2, 0.25) is 5.02 Å². The second kappa shape index (κ2) is 6.35. The maximum absolute atomic E-state index is 11.1. The van der Waals surface area contributed by atoms with Crippen LogP contribution in [0.1, 0.15) is 37.1 Å². The van der Waals surface area contributed by atoms with Crippen molar-refractivity contribution in [1.82, 2.24) is 24.8 Å². The molecule has 1 saturated carbocycles. The molecule has 8 nitrogen and oxygen atoms in total. The highest BCUT2D eigenvalue weighted by Crippen LogP contribution is 2.44. The van der Waals surface area contributed by atoms with Crippen LogP contribution in [0.25, 0.3) is 17.2 Å². The molecular weight excluding hydrogens is 378 g/mol. The SMILES string of the molecule is CC(Nc1nc(N)nc2nc[nH]c12)C1=Cc2cccc(Cl)c2C(O)N1C1CC1. The number of rotatable bonds is 4. The van der Waals surface area contributed by atoms with Gasteiger partial charge in [0.2, 0.25) is 5.95 Å². The highest BCUT2D eigenvalue weighted by molar-refractivity contribution is 6.31. The number of imidazole rings is 1. The number of aromatic amines is 1. The smallest absolute Gasteiger partial charge is 0.224 e. The van der Waals surface area contributed by atoms with E-state index < -0.39 is 6.23 Å². The molecule has 1 aromatic carbocycles. The van der Waals surface area contributed by atoms with Gasteiger partial charge in [-0.2, -0.15) is 9.97 Å². The number of aliphatic hydroxyl groups excluding tert-OH is 1. The number of aromatic nitrogens is 4. The first kappa shape index (κ1) is 17.3. The fourth-order valence-corrected chi connectivity index (χ4v) is 4.09. The van der Waals surface area contributed by atoms with Crippen molar-refractivity contribution in [3.63, 3.8) is 0 Å². The predicted octanol–water partition coefficient (Wildman–Crippen LogP) is 2.90. The summed E-state index contributed by atoms with van der Waals surface area (Å²) in [4.78, 5) is 17.7. The molecule has 0 spiro atoms. The predicted molar refractivity (Wildman–Crippen MR) is 108 cm³/mol. The quantitative estimate of drug-likeness (QED) is 0.534. The number of H-pyrrole nitrogens is 1. The monoisotopic (exact) mass is 397 g/mol. The van der Waals surface area contributed by atoms with E-state index >= 15 is 0 Å². The van der Waals surface area contributed by atoms with Gasteiger partial charge in [0, 0.05) is 22.3 Å². The minimum atomic E-state index is -0.775. The zero-order valence-electron chi connectivity index (χ0n) is 15.2. The second-order valence-corrected chi connectivity index (χ2v) is 7.63. The Bertz CT molecular complexity index is 1090. The Morgan fingerprint density at radius 1 is 1.36 bits per heavy atom. The molecule has 0 amide bonds. The summed E-state index contributed by atoms with van der Waals surface area (Å²) >= 11 is 6.38. The van der Waals surface area contributed by atoms with Crippen molar-refractivity contribution in [3.05, 3.63) is 46.4 Å². The lowest BCUT2D eigenvalue weighted by Crippen LogP contribution is -2.39. The molecule has 2 aliphatic rings. The van der Waals surface area contributed by atoms with Gasteiger partial charge in [-0.15, -0.1) is 0 Å². The number of fused-ring (bicyclic) bond motifs is 2. The Morgan fingerprint density at radius 2 is 2.18 bits per heavy atom. The molecule has 5 N–H and O–H groups in total. The van der Waals surface area contributed by atoms with Gasteiger partial charge in [-0.3, -0.25) is 0 Å². The van der Waals surface area contributed by atoms with Crippen molar-refractivity contribution in [2.24, 2.45) is 0 Å². The zero-order chi connectivity index (χ0) is 19.4. The Morgan fingerprint density at radius 3 is 2.96 bits per heavy atom. The van der Waals surface area contributed by atoms with E-state index in [2.05, 4.69) is 36.2 Å². The number of nitrogens with two attached hydrogens (primary N) is 1. The standard InChI is InChI=1S/C19H20ClN7O/c1-9(24-17-15-16(23-8-22-15)25-19(21)26-17)13-7-10-3-2-4-12(20)14(10)18(28)27(13)11-5-6-11/h2-4,7-9,11,18,28H,5-6H2,1H3,(H4,21,22,23,24,25,26). The van der Waals surface area contributed by atoms with Gasteiger partial charge in [0.05, 0.1) is 12.4 Å². The van der Waals surface area contributed by atoms with E-state index in [-0.39, 0.29) is 12.0 Å². The van der Waals surface area contributed by atoms with Crippen LogP contribution in [0, 0.1) is 0 Å². The summed E-state index contributed by atoms with van der Waals surface area (Å²) in [6.45, 7) is 2.03. The van der Waals surface area contributed by atoms with Crippen LogP contribution in [0.3, 0.4) is 0 Å². The minimum absolute atomic E-state index is 0.136. The molecule has 0 radical (unpaired) electrons. The van der Waals surface area contributed by atoms with Crippen LogP contribution in [0.15, 0.2) is 30.2 Å². The highest BCUT2D eigenvalue weighted by atomic mass is 35.5. The number of aliphatic hydroxyl groups is 1. The largest absolute Gasteiger partial charge is 0.369 e. The Hall–Kier alpha value is -2.84. The number of nitrogens with zero attached hydrogens (tertiary/aromatic N) is 4. The summed E-state index contributed by atoms with van der Waals surface area (Å²) in [7, 11) is 0. The van der Waals surface area contributed by atoms with Crippen LogP contribution in [0.5, 0.6) is 0 Å². The molecule has 2 unspecified atom stereocenters. The molecule has 28 heavy (non-hydrogen) atoms. The summed E-state index contributed by atoms with van der Waals surface area (Å²) in [5.41, 5.74) is 9.70. The molecule has 144 valence electrons. The molecule has 5 rings (SSSR count). The van der Waals surface area contributed by atoms with Gasteiger partial charge in [-0.1, -0.05) is 23.7 Å². The van der Waals surface area contributed by atoms with E-state index in [1.165, 1.54) is 0 Å². The fraction of sp³-hybridized carbons (Fsp3) is 0.316. The number of hydrogen-bond acceptors (Lipinski definition) is 7. The molecule has 2 atom stereocenters. The van der Waals surface area contributed by atoms with E-state index in [1.807, 2.05) is 25.1 Å². The molecular formula is C19H20ClN7O.